The number of carbonyl (C=O) groups excluding carboxylic acids is 1. The summed E-state index contributed by atoms with van der Waals surface area (Å²) in [5.41, 5.74) is 0.235. The van der Waals surface area contributed by atoms with Crippen LogP contribution in [0.2, 0.25) is 0 Å². The molecule has 0 N–H and O–H groups in total. The SMILES string of the molecule is CN(CC1Oc2ccccc2Oc2ncccc21)C(=O)OC(C)(C)C. The molecule has 1 amide bonds. The lowest BCUT2D eigenvalue weighted by molar-refractivity contribution is 0.0227. The first kappa shape index (κ1) is 17.1. The third-order valence-corrected chi connectivity index (χ3v) is 3.62. The summed E-state index contributed by atoms with van der Waals surface area (Å²) in [6.45, 7) is 5.82. The van der Waals surface area contributed by atoms with E-state index in [4.69, 9.17) is 14.2 Å². The number of likely N-dealkylation sites (N-methyl/N-ethyl adjacent to an activating group) is 1. The lowest BCUT2D eigenvalue weighted by Crippen LogP contribution is -2.37. The normalized spacial score (nSPS) is 15.8. The van der Waals surface area contributed by atoms with E-state index in [1.807, 2.05) is 57.2 Å². The fourth-order valence-corrected chi connectivity index (χ4v) is 2.49. The van der Waals surface area contributed by atoms with Gasteiger partial charge in [-0.1, -0.05) is 12.1 Å². The Bertz CT molecular complexity index is 770. The van der Waals surface area contributed by atoms with E-state index in [9.17, 15) is 4.79 Å². The maximum Gasteiger partial charge on any atom is 0.410 e. The number of carbonyl (C=O) groups is 1. The number of pyridine rings is 1. The lowest BCUT2D eigenvalue weighted by atomic mass is 10.1. The molecule has 1 aromatic carbocycles. The largest absolute Gasteiger partial charge is 0.480 e. The summed E-state index contributed by atoms with van der Waals surface area (Å²) in [5, 5.41) is 0. The lowest BCUT2D eigenvalue weighted by Gasteiger charge is -2.27. The topological polar surface area (TPSA) is 60.9 Å². The van der Waals surface area contributed by atoms with Crippen molar-refractivity contribution in [2.45, 2.75) is 32.5 Å². The van der Waals surface area contributed by atoms with Crippen molar-refractivity contribution >= 4 is 6.09 Å². The molecule has 0 saturated carbocycles. The van der Waals surface area contributed by atoms with Crippen LogP contribution in [0.15, 0.2) is 42.6 Å². The molecule has 1 aliphatic rings. The van der Waals surface area contributed by atoms with Crippen molar-refractivity contribution < 1.29 is 19.0 Å². The van der Waals surface area contributed by atoms with Gasteiger partial charge in [0.15, 0.2) is 11.5 Å². The van der Waals surface area contributed by atoms with Gasteiger partial charge in [-0.25, -0.2) is 9.78 Å². The van der Waals surface area contributed by atoms with Crippen LogP contribution in [-0.2, 0) is 4.74 Å². The van der Waals surface area contributed by atoms with Crippen molar-refractivity contribution in [2.75, 3.05) is 13.6 Å². The molecule has 0 aliphatic carbocycles. The second-order valence-electron chi connectivity index (χ2n) is 6.91. The van der Waals surface area contributed by atoms with E-state index in [0.717, 1.165) is 5.56 Å². The van der Waals surface area contributed by atoms with E-state index in [1.54, 1.807) is 13.2 Å². The number of ether oxygens (including phenoxy) is 3. The Balaban J connectivity index is 1.86. The maximum absolute atomic E-state index is 12.3. The van der Waals surface area contributed by atoms with Crippen molar-refractivity contribution in [3.05, 3.63) is 48.2 Å². The van der Waals surface area contributed by atoms with Crippen molar-refractivity contribution in [3.63, 3.8) is 0 Å². The smallest absolute Gasteiger partial charge is 0.410 e. The molecule has 1 aromatic heterocycles. The van der Waals surface area contributed by atoms with Gasteiger partial charge in [0.1, 0.15) is 11.7 Å². The predicted molar refractivity (Wildman–Crippen MR) is 93.0 cm³/mol. The number of hydrogen-bond donors (Lipinski definition) is 0. The zero-order valence-corrected chi connectivity index (χ0v) is 14.9. The van der Waals surface area contributed by atoms with Crippen LogP contribution < -0.4 is 9.47 Å². The summed E-state index contributed by atoms with van der Waals surface area (Å²) in [6.07, 6.45) is 0.853. The number of hydrogen-bond acceptors (Lipinski definition) is 5. The van der Waals surface area contributed by atoms with Gasteiger partial charge in [0.25, 0.3) is 0 Å². The van der Waals surface area contributed by atoms with Crippen LogP contribution in [0.3, 0.4) is 0 Å². The fourth-order valence-electron chi connectivity index (χ4n) is 2.49. The number of aromatic nitrogens is 1. The molecule has 6 nitrogen and oxygen atoms in total. The Morgan fingerprint density at radius 3 is 2.64 bits per heavy atom. The van der Waals surface area contributed by atoms with Gasteiger partial charge < -0.3 is 19.1 Å². The average Bonchev–Trinajstić information content (AvgIpc) is 2.69. The number of amides is 1. The molecule has 3 rings (SSSR count). The molecule has 0 fully saturated rings. The Labute approximate surface area is 147 Å². The molecule has 1 atom stereocenters. The van der Waals surface area contributed by atoms with Crippen LogP contribution >= 0.6 is 0 Å². The molecule has 1 aliphatic heterocycles. The quantitative estimate of drug-likeness (QED) is 0.819. The van der Waals surface area contributed by atoms with Gasteiger partial charge in [0, 0.05) is 13.2 Å². The molecule has 132 valence electrons. The second kappa shape index (κ2) is 6.63. The summed E-state index contributed by atoms with van der Waals surface area (Å²) in [7, 11) is 1.69. The number of rotatable bonds is 2. The molecule has 0 bridgehead atoms. The van der Waals surface area contributed by atoms with E-state index in [-0.39, 0.29) is 0 Å². The van der Waals surface area contributed by atoms with E-state index in [2.05, 4.69) is 4.98 Å². The summed E-state index contributed by atoms with van der Waals surface area (Å²) >= 11 is 0. The zero-order valence-electron chi connectivity index (χ0n) is 14.9. The molecule has 25 heavy (non-hydrogen) atoms. The van der Waals surface area contributed by atoms with Gasteiger partial charge >= 0.3 is 6.09 Å². The Hall–Kier alpha value is -2.76. The highest BCUT2D eigenvalue weighted by molar-refractivity contribution is 5.67. The summed E-state index contributed by atoms with van der Waals surface area (Å²) in [4.78, 5) is 18.1. The standard InChI is InChI=1S/C19H22N2O4/c1-19(2,3)25-18(22)21(4)12-16-13-8-7-11-20-17(13)24-15-10-6-5-9-14(15)23-16/h5-11,16H,12H2,1-4H3. The predicted octanol–water partition coefficient (Wildman–Crippen LogP) is 4.17. The van der Waals surface area contributed by atoms with Gasteiger partial charge in [-0.05, 0) is 45.0 Å². The van der Waals surface area contributed by atoms with Gasteiger partial charge in [0.05, 0.1) is 12.1 Å². The first-order chi connectivity index (χ1) is 11.8. The number of fused-ring (bicyclic) bond motifs is 2. The molecule has 0 saturated heterocycles. The minimum absolute atomic E-state index is 0.311. The highest BCUT2D eigenvalue weighted by atomic mass is 16.6. The molecule has 1 unspecified atom stereocenters. The van der Waals surface area contributed by atoms with Crippen molar-refractivity contribution in [1.29, 1.82) is 0 Å². The molecular formula is C19H22N2O4. The first-order valence-corrected chi connectivity index (χ1v) is 8.16. The monoisotopic (exact) mass is 342 g/mol. The first-order valence-electron chi connectivity index (χ1n) is 8.16. The molecule has 2 heterocycles. The van der Waals surface area contributed by atoms with E-state index in [0.29, 0.717) is 23.9 Å². The second-order valence-corrected chi connectivity index (χ2v) is 6.91. The van der Waals surface area contributed by atoms with Gasteiger partial charge in [-0.15, -0.1) is 0 Å². The minimum Gasteiger partial charge on any atom is -0.480 e. The number of benzene rings is 1. The zero-order chi connectivity index (χ0) is 18.0. The molecular weight excluding hydrogens is 320 g/mol. The number of para-hydroxylation sites is 2. The van der Waals surface area contributed by atoms with Crippen molar-refractivity contribution in [2.24, 2.45) is 0 Å². The van der Waals surface area contributed by atoms with Crippen LogP contribution in [-0.4, -0.2) is 35.2 Å². The molecule has 2 aromatic rings. The highest BCUT2D eigenvalue weighted by Crippen LogP contribution is 2.40. The van der Waals surface area contributed by atoms with Gasteiger partial charge in [-0.2, -0.15) is 0 Å². The summed E-state index contributed by atoms with van der Waals surface area (Å²) in [5.74, 6) is 1.70. The third kappa shape index (κ3) is 4.02. The van der Waals surface area contributed by atoms with E-state index >= 15 is 0 Å². The van der Waals surface area contributed by atoms with Gasteiger partial charge in [0.2, 0.25) is 5.88 Å². The molecule has 0 spiro atoms. The molecule has 6 heteroatoms. The van der Waals surface area contributed by atoms with Crippen LogP contribution in [0, 0.1) is 0 Å². The average molecular weight is 342 g/mol. The van der Waals surface area contributed by atoms with Crippen LogP contribution in [0.1, 0.15) is 32.4 Å². The fraction of sp³-hybridized carbons (Fsp3) is 0.368. The van der Waals surface area contributed by atoms with Crippen molar-refractivity contribution in [1.82, 2.24) is 9.88 Å². The van der Waals surface area contributed by atoms with Gasteiger partial charge in [-0.3, -0.25) is 0 Å². The Kier molecular flexibility index (Phi) is 4.53. The Morgan fingerprint density at radius 1 is 1.20 bits per heavy atom. The van der Waals surface area contributed by atoms with Crippen LogP contribution in [0.25, 0.3) is 0 Å². The highest BCUT2D eigenvalue weighted by Gasteiger charge is 2.29. The summed E-state index contributed by atoms with van der Waals surface area (Å²) < 4.78 is 17.4. The maximum atomic E-state index is 12.3. The van der Waals surface area contributed by atoms with Crippen LogP contribution in [0.5, 0.6) is 17.4 Å². The third-order valence-electron chi connectivity index (χ3n) is 3.62. The minimum atomic E-state index is -0.551. The van der Waals surface area contributed by atoms with Crippen molar-refractivity contribution in [3.8, 4) is 17.4 Å². The van der Waals surface area contributed by atoms with E-state index in [1.165, 1.54) is 4.90 Å². The van der Waals surface area contributed by atoms with Crippen LogP contribution in [0.4, 0.5) is 4.79 Å². The van der Waals surface area contributed by atoms with E-state index < -0.39 is 17.8 Å². The summed E-state index contributed by atoms with van der Waals surface area (Å²) in [6, 6.07) is 11.1. The Morgan fingerprint density at radius 2 is 1.92 bits per heavy atom. The number of nitrogens with zero attached hydrogens (tertiary/aromatic N) is 2. The molecule has 0 radical (unpaired) electrons.